The Morgan fingerprint density at radius 3 is 2.74 bits per heavy atom. The third-order valence-corrected chi connectivity index (χ3v) is 7.62. The smallest absolute Gasteiger partial charge is 0.242 e. The van der Waals surface area contributed by atoms with E-state index in [1.165, 1.54) is 38.4 Å². The zero-order valence-corrected chi connectivity index (χ0v) is 19.2. The molecule has 0 aliphatic carbocycles. The molecule has 168 valence electrons. The van der Waals surface area contributed by atoms with Crippen LogP contribution in [0.3, 0.4) is 0 Å². The van der Waals surface area contributed by atoms with E-state index in [2.05, 4.69) is 10.2 Å². The third-order valence-electron chi connectivity index (χ3n) is 5.48. The molecule has 0 radical (unpaired) electrons. The van der Waals surface area contributed by atoms with Gasteiger partial charge in [0.05, 0.1) is 15.6 Å². The first-order chi connectivity index (χ1) is 14.7. The van der Waals surface area contributed by atoms with Gasteiger partial charge in [0, 0.05) is 33.1 Å². The fraction of sp³-hybridized carbons (Fsp3) is 0.409. The van der Waals surface area contributed by atoms with Gasteiger partial charge in [-0.15, -0.1) is 0 Å². The zero-order chi connectivity index (χ0) is 22.6. The number of rotatable bonds is 8. The highest BCUT2D eigenvalue weighted by Crippen LogP contribution is 2.27. The summed E-state index contributed by atoms with van der Waals surface area (Å²) in [6.07, 6.45) is 3.04. The van der Waals surface area contributed by atoms with E-state index in [-0.39, 0.29) is 39.8 Å². The molecule has 0 bridgehead atoms. The van der Waals surface area contributed by atoms with Crippen molar-refractivity contribution in [3.05, 3.63) is 58.9 Å². The number of sulfonamides is 1. The molecule has 3 rings (SSSR count). The van der Waals surface area contributed by atoms with Gasteiger partial charge in [0.1, 0.15) is 5.82 Å². The monoisotopic (exact) mass is 467 g/mol. The second-order valence-corrected chi connectivity index (χ2v) is 10.5. The third kappa shape index (κ3) is 6.04. The highest BCUT2D eigenvalue weighted by atomic mass is 35.5. The lowest BCUT2D eigenvalue weighted by molar-refractivity contribution is -0.116. The Morgan fingerprint density at radius 1 is 1.26 bits per heavy atom. The van der Waals surface area contributed by atoms with Crippen molar-refractivity contribution in [1.82, 2.24) is 9.21 Å². The average Bonchev–Trinajstić information content (AvgIpc) is 3.14. The van der Waals surface area contributed by atoms with E-state index in [0.29, 0.717) is 6.54 Å². The van der Waals surface area contributed by atoms with Crippen molar-refractivity contribution in [1.29, 1.82) is 0 Å². The highest BCUT2D eigenvalue weighted by molar-refractivity contribution is 7.89. The largest absolute Gasteiger partial charge is 0.325 e. The maximum Gasteiger partial charge on any atom is 0.242 e. The maximum atomic E-state index is 13.5. The quantitative estimate of drug-likeness (QED) is 0.641. The van der Waals surface area contributed by atoms with Gasteiger partial charge in [0.15, 0.2) is 0 Å². The van der Waals surface area contributed by atoms with Crippen molar-refractivity contribution < 1.29 is 17.6 Å². The molecule has 1 fully saturated rings. The molecule has 1 unspecified atom stereocenters. The summed E-state index contributed by atoms with van der Waals surface area (Å²) in [6.45, 7) is 1.46. The minimum atomic E-state index is -3.63. The fourth-order valence-corrected chi connectivity index (χ4v) is 4.88. The Bertz CT molecular complexity index is 1050. The minimum absolute atomic E-state index is 0.0619. The standard InChI is InChI=1S/C22H27ClFN3O3S/c1-26(2)31(29,30)19-8-9-20(23)21(15-19)25-22(28)10-12-27-11-4-7-18(27)14-16-5-3-6-17(24)13-16/h3,5-6,8-9,13,15,18H,4,7,10-12,14H2,1-2H3,(H,25,28). The van der Waals surface area contributed by atoms with Crippen LogP contribution in [0.25, 0.3) is 0 Å². The number of halogens is 2. The van der Waals surface area contributed by atoms with E-state index in [9.17, 15) is 17.6 Å². The molecule has 0 spiro atoms. The number of likely N-dealkylation sites (tertiary alicyclic amines) is 1. The number of hydrogen-bond donors (Lipinski definition) is 1. The first-order valence-corrected chi connectivity index (χ1v) is 12.0. The molecule has 9 heteroatoms. The van der Waals surface area contributed by atoms with Gasteiger partial charge in [-0.1, -0.05) is 23.7 Å². The van der Waals surface area contributed by atoms with Gasteiger partial charge in [0.2, 0.25) is 15.9 Å². The number of anilines is 1. The maximum absolute atomic E-state index is 13.5. The number of hydrogen-bond acceptors (Lipinski definition) is 4. The lowest BCUT2D eigenvalue weighted by Gasteiger charge is -2.24. The summed E-state index contributed by atoms with van der Waals surface area (Å²) in [5.41, 5.74) is 1.22. The van der Waals surface area contributed by atoms with Gasteiger partial charge in [-0.2, -0.15) is 0 Å². The van der Waals surface area contributed by atoms with Crippen LogP contribution in [0.4, 0.5) is 10.1 Å². The van der Waals surface area contributed by atoms with Crippen molar-refractivity contribution in [2.45, 2.75) is 36.6 Å². The zero-order valence-electron chi connectivity index (χ0n) is 17.6. The van der Waals surface area contributed by atoms with Crippen LogP contribution >= 0.6 is 11.6 Å². The predicted molar refractivity (Wildman–Crippen MR) is 120 cm³/mol. The molecule has 1 atom stereocenters. The summed E-state index contributed by atoms with van der Waals surface area (Å²) in [5, 5.41) is 3.00. The summed E-state index contributed by atoms with van der Waals surface area (Å²) >= 11 is 6.16. The van der Waals surface area contributed by atoms with Crippen LogP contribution in [0, 0.1) is 5.82 Å². The van der Waals surface area contributed by atoms with E-state index < -0.39 is 10.0 Å². The molecule has 1 N–H and O–H groups in total. The number of benzene rings is 2. The Kier molecular flexibility index (Phi) is 7.69. The first kappa shape index (κ1) is 23.7. The predicted octanol–water partition coefficient (Wildman–Crippen LogP) is 3.77. The van der Waals surface area contributed by atoms with E-state index in [0.717, 1.165) is 35.7 Å². The number of carbonyl (C=O) groups excluding carboxylic acids is 1. The van der Waals surface area contributed by atoms with Gasteiger partial charge < -0.3 is 5.32 Å². The Morgan fingerprint density at radius 2 is 2.03 bits per heavy atom. The van der Waals surface area contributed by atoms with Gasteiger partial charge >= 0.3 is 0 Å². The summed E-state index contributed by atoms with van der Waals surface area (Å²) in [6, 6.07) is 11.1. The number of nitrogens with zero attached hydrogens (tertiary/aromatic N) is 2. The second-order valence-electron chi connectivity index (χ2n) is 7.89. The van der Waals surface area contributed by atoms with Gasteiger partial charge in [-0.25, -0.2) is 17.1 Å². The van der Waals surface area contributed by atoms with Gasteiger partial charge in [0.25, 0.3) is 0 Å². The van der Waals surface area contributed by atoms with Crippen molar-refractivity contribution in [2.24, 2.45) is 0 Å². The Balaban J connectivity index is 1.60. The number of carbonyl (C=O) groups is 1. The van der Waals surface area contributed by atoms with Crippen LogP contribution in [0.5, 0.6) is 0 Å². The topological polar surface area (TPSA) is 69.7 Å². The molecule has 2 aromatic rings. The molecule has 0 aromatic heterocycles. The fourth-order valence-electron chi connectivity index (χ4n) is 3.79. The second kappa shape index (κ2) is 10.1. The van der Waals surface area contributed by atoms with E-state index >= 15 is 0 Å². The molecule has 1 aliphatic heterocycles. The summed E-state index contributed by atoms with van der Waals surface area (Å²) in [5.74, 6) is -0.477. The molecule has 1 saturated heterocycles. The van der Waals surface area contributed by atoms with Crippen LogP contribution in [0.1, 0.15) is 24.8 Å². The lowest BCUT2D eigenvalue weighted by atomic mass is 10.0. The minimum Gasteiger partial charge on any atom is -0.325 e. The van der Waals surface area contributed by atoms with Crippen LogP contribution in [0.2, 0.25) is 5.02 Å². The lowest BCUT2D eigenvalue weighted by Crippen LogP contribution is -2.33. The molecule has 1 heterocycles. The summed E-state index contributed by atoms with van der Waals surface area (Å²) in [7, 11) is -0.743. The molecular formula is C22H27ClFN3O3S. The van der Waals surface area contributed by atoms with Gasteiger partial charge in [-0.3, -0.25) is 9.69 Å². The van der Waals surface area contributed by atoms with Gasteiger partial charge in [-0.05, 0) is 61.7 Å². The molecule has 31 heavy (non-hydrogen) atoms. The van der Waals surface area contributed by atoms with Crippen molar-refractivity contribution in [3.8, 4) is 0 Å². The number of nitrogens with one attached hydrogen (secondary N) is 1. The van der Waals surface area contributed by atoms with Crippen LogP contribution in [0.15, 0.2) is 47.4 Å². The summed E-state index contributed by atoms with van der Waals surface area (Å²) in [4.78, 5) is 14.8. The van der Waals surface area contributed by atoms with Crippen molar-refractivity contribution >= 4 is 33.2 Å². The molecule has 1 aliphatic rings. The Hall–Kier alpha value is -2.00. The highest BCUT2D eigenvalue weighted by Gasteiger charge is 2.25. The van der Waals surface area contributed by atoms with Crippen molar-refractivity contribution in [2.75, 3.05) is 32.5 Å². The Labute approximate surface area is 188 Å². The van der Waals surface area contributed by atoms with Crippen LogP contribution in [-0.4, -0.2) is 56.8 Å². The van der Waals surface area contributed by atoms with Crippen molar-refractivity contribution in [3.63, 3.8) is 0 Å². The number of amides is 1. The average molecular weight is 468 g/mol. The molecular weight excluding hydrogens is 441 g/mol. The van der Waals surface area contributed by atoms with E-state index in [1.807, 2.05) is 6.07 Å². The van der Waals surface area contributed by atoms with Crippen LogP contribution < -0.4 is 5.32 Å². The van der Waals surface area contributed by atoms with Crippen LogP contribution in [-0.2, 0) is 21.2 Å². The molecule has 2 aromatic carbocycles. The normalized spacial score (nSPS) is 17.3. The van der Waals surface area contributed by atoms with E-state index in [4.69, 9.17) is 11.6 Å². The molecule has 1 amide bonds. The SMILES string of the molecule is CN(C)S(=O)(=O)c1ccc(Cl)c(NC(=O)CCN2CCCC2Cc2cccc(F)c2)c1. The summed E-state index contributed by atoms with van der Waals surface area (Å²) < 4.78 is 39.2. The van der Waals surface area contributed by atoms with E-state index in [1.54, 1.807) is 12.1 Å². The molecule has 0 saturated carbocycles. The molecule has 6 nitrogen and oxygen atoms in total. The first-order valence-electron chi connectivity index (χ1n) is 10.2.